The summed E-state index contributed by atoms with van der Waals surface area (Å²) in [7, 11) is 0. The zero-order chi connectivity index (χ0) is 10.6. The second kappa shape index (κ2) is 4.40. The predicted molar refractivity (Wildman–Crippen MR) is 36.1 cm³/mol. The summed E-state index contributed by atoms with van der Waals surface area (Å²) in [4.78, 5) is 9.83. The third-order valence-corrected chi connectivity index (χ3v) is 1.34. The van der Waals surface area contributed by atoms with Gasteiger partial charge in [-0.25, -0.2) is 13.6 Å². The van der Waals surface area contributed by atoms with Gasteiger partial charge in [0.15, 0.2) is 0 Å². The van der Waals surface area contributed by atoms with Gasteiger partial charge in [0.25, 0.3) is 6.43 Å². The van der Waals surface area contributed by atoms with Crippen LogP contribution < -0.4 is 5.32 Å². The van der Waals surface area contributed by atoms with Gasteiger partial charge in [-0.1, -0.05) is 0 Å². The highest BCUT2D eigenvalue weighted by atomic mass is 19.3. The lowest BCUT2D eigenvalue weighted by atomic mass is 10.3. The Morgan fingerprint density at radius 1 is 1.54 bits per heavy atom. The van der Waals surface area contributed by atoms with E-state index in [0.717, 1.165) is 6.92 Å². The lowest BCUT2D eigenvalue weighted by Gasteiger charge is -2.16. The summed E-state index contributed by atoms with van der Waals surface area (Å²) in [5, 5.41) is 9.64. The molecule has 1 atom stereocenters. The van der Waals surface area contributed by atoms with Crippen molar-refractivity contribution in [1.29, 1.82) is 0 Å². The topological polar surface area (TPSA) is 49.3 Å². The number of aliphatic carboxylic acids is 1. The first-order chi connectivity index (χ1) is 5.77. The molecule has 7 heteroatoms. The number of halogens is 4. The quantitative estimate of drug-likeness (QED) is 0.654. The maximum absolute atomic E-state index is 12.3. The Labute approximate surface area is 71.7 Å². The molecule has 0 aliphatic rings. The number of hydrogen-bond acceptors (Lipinski definition) is 2. The molecule has 1 unspecified atom stereocenters. The van der Waals surface area contributed by atoms with Gasteiger partial charge in [0, 0.05) is 0 Å². The lowest BCUT2D eigenvalue weighted by Crippen LogP contribution is -2.45. The van der Waals surface area contributed by atoms with Crippen LogP contribution in [-0.4, -0.2) is 36.0 Å². The Hall–Kier alpha value is -0.850. The molecule has 0 aromatic rings. The molecule has 0 aliphatic heterocycles. The van der Waals surface area contributed by atoms with E-state index in [4.69, 9.17) is 5.11 Å². The standard InChI is InChI=1S/C6H9F4NO2/c1-3(4(7)8)11-2-6(9,10)5(12)13/h3-4,11H,2H2,1H3,(H,12,13). The van der Waals surface area contributed by atoms with Crippen LogP contribution in [-0.2, 0) is 4.79 Å². The van der Waals surface area contributed by atoms with Gasteiger partial charge in [-0.15, -0.1) is 0 Å². The fourth-order valence-electron chi connectivity index (χ4n) is 0.454. The van der Waals surface area contributed by atoms with Crippen molar-refractivity contribution in [1.82, 2.24) is 5.32 Å². The Bertz CT molecular complexity index is 185. The van der Waals surface area contributed by atoms with E-state index in [-0.39, 0.29) is 0 Å². The van der Waals surface area contributed by atoms with E-state index in [2.05, 4.69) is 0 Å². The highest BCUT2D eigenvalue weighted by molar-refractivity contribution is 5.75. The molecular weight excluding hydrogens is 194 g/mol. The maximum Gasteiger partial charge on any atom is 0.375 e. The molecule has 0 bridgehead atoms. The van der Waals surface area contributed by atoms with Crippen LogP contribution >= 0.6 is 0 Å². The average molecular weight is 203 g/mol. The second-order valence-electron chi connectivity index (χ2n) is 2.51. The molecule has 3 nitrogen and oxygen atoms in total. The Morgan fingerprint density at radius 2 is 2.00 bits per heavy atom. The SMILES string of the molecule is CC(NCC(F)(F)C(=O)O)C(F)F. The first-order valence-corrected chi connectivity index (χ1v) is 3.40. The molecular formula is C6H9F4NO2. The Kier molecular flexibility index (Phi) is 4.12. The predicted octanol–water partition coefficient (Wildman–Crippen LogP) is 0.949. The normalized spacial score (nSPS) is 14.6. The largest absolute Gasteiger partial charge is 0.477 e. The van der Waals surface area contributed by atoms with Crippen molar-refractivity contribution in [2.24, 2.45) is 0 Å². The lowest BCUT2D eigenvalue weighted by molar-refractivity contribution is -0.164. The van der Waals surface area contributed by atoms with Crippen molar-refractivity contribution in [2.75, 3.05) is 6.54 Å². The number of carboxylic acid groups (broad SMARTS) is 1. The van der Waals surface area contributed by atoms with Crippen LogP contribution in [0.2, 0.25) is 0 Å². The highest BCUT2D eigenvalue weighted by Crippen LogP contribution is 2.12. The first kappa shape index (κ1) is 12.2. The zero-order valence-corrected chi connectivity index (χ0v) is 6.73. The molecule has 0 fully saturated rings. The first-order valence-electron chi connectivity index (χ1n) is 3.40. The minimum atomic E-state index is -4.01. The van der Waals surface area contributed by atoms with Crippen molar-refractivity contribution >= 4 is 5.97 Å². The molecule has 0 saturated carbocycles. The molecule has 0 saturated heterocycles. The third-order valence-electron chi connectivity index (χ3n) is 1.34. The van der Waals surface area contributed by atoms with E-state index in [9.17, 15) is 22.4 Å². The van der Waals surface area contributed by atoms with Crippen LogP contribution in [0.1, 0.15) is 6.92 Å². The molecule has 2 N–H and O–H groups in total. The molecule has 13 heavy (non-hydrogen) atoms. The monoisotopic (exact) mass is 203 g/mol. The molecule has 0 aromatic heterocycles. The molecule has 0 aromatic carbocycles. The van der Waals surface area contributed by atoms with Gasteiger partial charge in [-0.3, -0.25) is 0 Å². The van der Waals surface area contributed by atoms with Crippen LogP contribution in [0.5, 0.6) is 0 Å². The van der Waals surface area contributed by atoms with Crippen molar-refractivity contribution in [3.8, 4) is 0 Å². The van der Waals surface area contributed by atoms with Gasteiger partial charge in [-0.2, -0.15) is 8.78 Å². The van der Waals surface area contributed by atoms with E-state index in [1.54, 1.807) is 5.32 Å². The van der Waals surface area contributed by atoms with E-state index >= 15 is 0 Å². The third kappa shape index (κ3) is 4.07. The Morgan fingerprint density at radius 3 is 2.31 bits per heavy atom. The van der Waals surface area contributed by atoms with Gasteiger partial charge in [0.05, 0.1) is 12.6 Å². The number of nitrogens with one attached hydrogen (secondary N) is 1. The minimum Gasteiger partial charge on any atom is -0.477 e. The number of carboxylic acids is 1. The van der Waals surface area contributed by atoms with Gasteiger partial charge in [0.1, 0.15) is 0 Å². The van der Waals surface area contributed by atoms with Crippen LogP contribution in [0, 0.1) is 0 Å². The molecule has 0 spiro atoms. The summed E-state index contributed by atoms with van der Waals surface area (Å²) >= 11 is 0. The molecule has 0 aliphatic carbocycles. The van der Waals surface area contributed by atoms with Gasteiger partial charge in [0.2, 0.25) is 0 Å². The molecule has 0 amide bonds. The smallest absolute Gasteiger partial charge is 0.375 e. The molecule has 0 rings (SSSR count). The van der Waals surface area contributed by atoms with Gasteiger partial charge in [-0.05, 0) is 6.92 Å². The van der Waals surface area contributed by atoms with Crippen molar-refractivity contribution in [3.05, 3.63) is 0 Å². The zero-order valence-electron chi connectivity index (χ0n) is 6.73. The summed E-state index contributed by atoms with van der Waals surface area (Å²) in [6.07, 6.45) is -2.80. The van der Waals surface area contributed by atoms with Gasteiger partial charge < -0.3 is 10.4 Å². The second-order valence-corrected chi connectivity index (χ2v) is 2.51. The number of rotatable bonds is 5. The van der Waals surface area contributed by atoms with E-state index in [0.29, 0.717) is 0 Å². The van der Waals surface area contributed by atoms with E-state index in [1.807, 2.05) is 0 Å². The molecule has 0 heterocycles. The number of alkyl halides is 4. The summed E-state index contributed by atoms with van der Waals surface area (Å²) in [6, 6.07) is -1.45. The van der Waals surface area contributed by atoms with Crippen LogP contribution in [0.4, 0.5) is 17.6 Å². The summed E-state index contributed by atoms with van der Waals surface area (Å²) in [5.74, 6) is -6.34. The summed E-state index contributed by atoms with van der Waals surface area (Å²) in [5.41, 5.74) is 0. The van der Waals surface area contributed by atoms with E-state index in [1.165, 1.54) is 0 Å². The van der Waals surface area contributed by atoms with E-state index < -0.39 is 30.9 Å². The molecule has 0 radical (unpaired) electrons. The Balaban J connectivity index is 3.95. The van der Waals surface area contributed by atoms with Crippen LogP contribution in [0.15, 0.2) is 0 Å². The maximum atomic E-state index is 12.3. The molecule has 78 valence electrons. The number of carbonyl (C=O) groups is 1. The number of hydrogen-bond donors (Lipinski definition) is 2. The summed E-state index contributed by atoms with van der Waals surface area (Å²) in [6.45, 7) is -0.309. The van der Waals surface area contributed by atoms with Crippen molar-refractivity contribution < 1.29 is 27.5 Å². The van der Waals surface area contributed by atoms with Crippen LogP contribution in [0.25, 0.3) is 0 Å². The fraction of sp³-hybridized carbons (Fsp3) is 0.833. The average Bonchev–Trinajstić information content (AvgIpc) is 1.99. The fourth-order valence-corrected chi connectivity index (χ4v) is 0.454. The highest BCUT2D eigenvalue weighted by Gasteiger charge is 2.39. The van der Waals surface area contributed by atoms with Crippen LogP contribution in [0.3, 0.4) is 0 Å². The van der Waals surface area contributed by atoms with Crippen molar-refractivity contribution in [3.63, 3.8) is 0 Å². The van der Waals surface area contributed by atoms with Gasteiger partial charge >= 0.3 is 11.9 Å². The van der Waals surface area contributed by atoms with Crippen molar-refractivity contribution in [2.45, 2.75) is 25.3 Å². The minimum absolute atomic E-state index is 0.989. The summed E-state index contributed by atoms with van der Waals surface area (Å²) < 4.78 is 48.0.